The van der Waals surface area contributed by atoms with Gasteiger partial charge in [0.25, 0.3) is 5.91 Å². The predicted octanol–water partition coefficient (Wildman–Crippen LogP) is 3.32. The summed E-state index contributed by atoms with van der Waals surface area (Å²) in [7, 11) is 0. The molecule has 0 bridgehead atoms. The topological polar surface area (TPSA) is 82.2 Å². The molecule has 0 aromatic carbocycles. The molecule has 4 rings (SSSR count). The molecule has 0 spiro atoms. The maximum atomic E-state index is 13.6. The molecule has 8 heteroatoms. The van der Waals surface area contributed by atoms with Gasteiger partial charge < -0.3 is 9.88 Å². The van der Waals surface area contributed by atoms with E-state index in [2.05, 4.69) is 15.0 Å². The fourth-order valence-electron chi connectivity index (χ4n) is 3.90. The number of rotatable bonds is 2. The highest BCUT2D eigenvalue weighted by Crippen LogP contribution is 2.30. The second-order valence-electron chi connectivity index (χ2n) is 7.74. The molecular weight excluding hydrogens is 349 g/mol. The normalized spacial score (nSPS) is 16.9. The molecule has 7 nitrogen and oxygen atoms in total. The maximum Gasteiger partial charge on any atom is 0.327 e. The lowest BCUT2D eigenvalue weighted by atomic mass is 10.0. The third kappa shape index (κ3) is 2.63. The second-order valence-corrected chi connectivity index (χ2v) is 7.74. The fraction of sp³-hybridized carbons (Fsp3) is 0.368. The standard InChI is InChI=1S/C19H20FN5O2/c1-10(2)25-18(27)24(9-19(25,3)4)17(26)14-6-12-13-5-11(20)7-22-16(13)23-15(12)8-21-14/h5-8,10H,9H2,1-4H3,(H,22,23). The number of amides is 3. The summed E-state index contributed by atoms with van der Waals surface area (Å²) < 4.78 is 13.6. The molecule has 0 saturated carbocycles. The number of nitrogens with one attached hydrogen (secondary N) is 1. The summed E-state index contributed by atoms with van der Waals surface area (Å²) in [6.45, 7) is 8.00. The molecule has 0 unspecified atom stereocenters. The van der Waals surface area contributed by atoms with Crippen molar-refractivity contribution in [2.24, 2.45) is 0 Å². The number of nitrogens with zero attached hydrogens (tertiary/aromatic N) is 4. The van der Waals surface area contributed by atoms with Gasteiger partial charge in [-0.2, -0.15) is 0 Å². The molecule has 1 saturated heterocycles. The van der Waals surface area contributed by atoms with Crippen molar-refractivity contribution in [3.05, 3.63) is 36.0 Å². The third-order valence-electron chi connectivity index (χ3n) is 4.92. The number of fused-ring (bicyclic) bond motifs is 3. The maximum absolute atomic E-state index is 13.6. The lowest BCUT2D eigenvalue weighted by Crippen LogP contribution is -2.46. The number of pyridine rings is 2. The van der Waals surface area contributed by atoms with Crippen molar-refractivity contribution in [1.29, 1.82) is 0 Å². The number of carbonyl (C=O) groups excluding carboxylic acids is 2. The lowest BCUT2D eigenvalue weighted by Gasteiger charge is -2.32. The Morgan fingerprint density at radius 1 is 1.22 bits per heavy atom. The van der Waals surface area contributed by atoms with E-state index in [4.69, 9.17) is 0 Å². The molecule has 1 fully saturated rings. The molecule has 1 aliphatic rings. The van der Waals surface area contributed by atoms with Crippen LogP contribution in [0.1, 0.15) is 38.2 Å². The fourth-order valence-corrected chi connectivity index (χ4v) is 3.90. The van der Waals surface area contributed by atoms with Crippen LogP contribution in [0.15, 0.2) is 24.5 Å². The molecule has 1 aliphatic heterocycles. The van der Waals surface area contributed by atoms with Crippen molar-refractivity contribution in [2.75, 3.05) is 6.54 Å². The number of hydrogen-bond donors (Lipinski definition) is 1. The molecule has 140 valence electrons. The SMILES string of the molecule is CC(C)N1C(=O)N(C(=O)c2cc3c(cn2)[nH]c2ncc(F)cc23)CC1(C)C. The average molecular weight is 369 g/mol. The van der Waals surface area contributed by atoms with Gasteiger partial charge >= 0.3 is 6.03 Å². The van der Waals surface area contributed by atoms with E-state index < -0.39 is 17.3 Å². The molecule has 3 aromatic heterocycles. The van der Waals surface area contributed by atoms with Crippen LogP contribution in [0.2, 0.25) is 0 Å². The van der Waals surface area contributed by atoms with Crippen molar-refractivity contribution in [3.8, 4) is 0 Å². The molecule has 0 aliphatic carbocycles. The van der Waals surface area contributed by atoms with Crippen LogP contribution in [-0.2, 0) is 0 Å². The Kier molecular flexibility index (Phi) is 3.69. The summed E-state index contributed by atoms with van der Waals surface area (Å²) in [5.74, 6) is -0.922. The number of halogens is 1. The summed E-state index contributed by atoms with van der Waals surface area (Å²) in [6, 6.07) is 2.59. The van der Waals surface area contributed by atoms with E-state index in [1.165, 1.54) is 17.2 Å². The van der Waals surface area contributed by atoms with Crippen LogP contribution >= 0.6 is 0 Å². The lowest BCUT2D eigenvalue weighted by molar-refractivity contribution is 0.0813. The summed E-state index contributed by atoms with van der Waals surface area (Å²) in [4.78, 5) is 40.0. The molecular formula is C19H20FN5O2. The summed E-state index contributed by atoms with van der Waals surface area (Å²) in [5, 5.41) is 1.21. The first-order chi connectivity index (χ1) is 12.7. The van der Waals surface area contributed by atoms with E-state index in [1.54, 1.807) is 11.0 Å². The van der Waals surface area contributed by atoms with Gasteiger partial charge in [-0.05, 0) is 39.8 Å². The van der Waals surface area contributed by atoms with E-state index in [0.29, 0.717) is 21.9 Å². The minimum absolute atomic E-state index is 0.0246. The van der Waals surface area contributed by atoms with Crippen molar-refractivity contribution in [2.45, 2.75) is 39.3 Å². The number of urea groups is 1. The molecule has 27 heavy (non-hydrogen) atoms. The Morgan fingerprint density at radius 3 is 2.63 bits per heavy atom. The highest BCUT2D eigenvalue weighted by Gasteiger charge is 2.47. The third-order valence-corrected chi connectivity index (χ3v) is 4.92. The van der Waals surface area contributed by atoms with E-state index >= 15 is 0 Å². The van der Waals surface area contributed by atoms with Crippen LogP contribution in [0.4, 0.5) is 9.18 Å². The predicted molar refractivity (Wildman–Crippen MR) is 98.8 cm³/mol. The Labute approximate surface area is 155 Å². The van der Waals surface area contributed by atoms with Crippen LogP contribution in [0.25, 0.3) is 21.9 Å². The van der Waals surface area contributed by atoms with Gasteiger partial charge in [0, 0.05) is 16.8 Å². The highest BCUT2D eigenvalue weighted by atomic mass is 19.1. The average Bonchev–Trinajstić information content (AvgIpc) is 3.07. The van der Waals surface area contributed by atoms with E-state index in [0.717, 1.165) is 6.20 Å². The molecule has 0 atom stereocenters. The van der Waals surface area contributed by atoms with E-state index in [1.807, 2.05) is 27.7 Å². The highest BCUT2D eigenvalue weighted by molar-refractivity contribution is 6.10. The number of aromatic amines is 1. The second kappa shape index (κ2) is 5.73. The summed E-state index contributed by atoms with van der Waals surface area (Å²) in [5.41, 5.74) is 0.847. The number of H-pyrrole nitrogens is 1. The Balaban J connectivity index is 1.76. The van der Waals surface area contributed by atoms with E-state index in [-0.39, 0.29) is 24.3 Å². The van der Waals surface area contributed by atoms with Gasteiger partial charge in [-0.1, -0.05) is 0 Å². The minimum atomic E-state index is -0.461. The largest absolute Gasteiger partial charge is 0.338 e. The molecule has 4 heterocycles. The van der Waals surface area contributed by atoms with Gasteiger partial charge in [0.1, 0.15) is 17.2 Å². The number of carbonyl (C=O) groups is 2. The van der Waals surface area contributed by atoms with Gasteiger partial charge in [-0.25, -0.2) is 19.2 Å². The first-order valence-corrected chi connectivity index (χ1v) is 8.77. The van der Waals surface area contributed by atoms with Crippen LogP contribution in [0.3, 0.4) is 0 Å². The van der Waals surface area contributed by atoms with Gasteiger partial charge in [-0.3, -0.25) is 9.69 Å². The zero-order chi connectivity index (χ0) is 19.5. The molecule has 3 amide bonds. The van der Waals surface area contributed by atoms with Crippen molar-refractivity contribution < 1.29 is 14.0 Å². The zero-order valence-corrected chi connectivity index (χ0v) is 15.6. The van der Waals surface area contributed by atoms with Crippen LogP contribution in [-0.4, -0.2) is 54.8 Å². The van der Waals surface area contributed by atoms with Crippen molar-refractivity contribution >= 4 is 33.9 Å². The number of hydrogen-bond acceptors (Lipinski definition) is 4. The van der Waals surface area contributed by atoms with Crippen LogP contribution in [0, 0.1) is 5.82 Å². The summed E-state index contributed by atoms with van der Waals surface area (Å²) >= 11 is 0. The zero-order valence-electron chi connectivity index (χ0n) is 15.6. The number of imide groups is 1. The first kappa shape index (κ1) is 17.4. The Morgan fingerprint density at radius 2 is 1.96 bits per heavy atom. The van der Waals surface area contributed by atoms with Gasteiger partial charge in [0.05, 0.1) is 30.0 Å². The van der Waals surface area contributed by atoms with Crippen molar-refractivity contribution in [3.63, 3.8) is 0 Å². The Hall–Kier alpha value is -3.03. The molecule has 1 N–H and O–H groups in total. The number of aromatic nitrogens is 3. The van der Waals surface area contributed by atoms with Crippen LogP contribution in [0.5, 0.6) is 0 Å². The smallest absolute Gasteiger partial charge is 0.327 e. The minimum Gasteiger partial charge on any atom is -0.338 e. The monoisotopic (exact) mass is 369 g/mol. The molecule has 0 radical (unpaired) electrons. The van der Waals surface area contributed by atoms with E-state index in [9.17, 15) is 14.0 Å². The van der Waals surface area contributed by atoms with Gasteiger partial charge in [0.15, 0.2) is 0 Å². The van der Waals surface area contributed by atoms with Gasteiger partial charge in [0.2, 0.25) is 0 Å². The first-order valence-electron chi connectivity index (χ1n) is 8.77. The summed E-state index contributed by atoms with van der Waals surface area (Å²) in [6.07, 6.45) is 2.64. The molecule has 3 aromatic rings. The quantitative estimate of drug-likeness (QED) is 0.751. The van der Waals surface area contributed by atoms with Crippen LogP contribution < -0.4 is 0 Å². The van der Waals surface area contributed by atoms with Crippen molar-refractivity contribution in [1.82, 2.24) is 24.8 Å². The van der Waals surface area contributed by atoms with Gasteiger partial charge in [-0.15, -0.1) is 0 Å². The Bertz CT molecular complexity index is 1090.